The summed E-state index contributed by atoms with van der Waals surface area (Å²) >= 11 is 5.35. The van der Waals surface area contributed by atoms with Crippen LogP contribution < -0.4 is 0 Å². The van der Waals surface area contributed by atoms with Crippen molar-refractivity contribution in [3.63, 3.8) is 0 Å². The highest BCUT2D eigenvalue weighted by Crippen LogP contribution is 2.40. The van der Waals surface area contributed by atoms with E-state index in [1.54, 1.807) is 0 Å². The van der Waals surface area contributed by atoms with Crippen molar-refractivity contribution in [1.82, 2.24) is 0 Å². The molecule has 2 rings (SSSR count). The molecule has 0 fully saturated rings. The average molecular weight is 411 g/mol. The minimum atomic E-state index is -1.48. The number of ether oxygens (including phenoxy) is 1. The van der Waals surface area contributed by atoms with Crippen LogP contribution in [0, 0.1) is 16.0 Å². The lowest BCUT2D eigenvalue weighted by Crippen LogP contribution is -2.36. The Labute approximate surface area is 163 Å². The Bertz CT molecular complexity index is 908. The number of non-ortho nitro benzene ring substituents is 1. The Balaban J connectivity index is 2.66. The Morgan fingerprint density at radius 1 is 1.32 bits per heavy atom. The summed E-state index contributed by atoms with van der Waals surface area (Å²) in [4.78, 5) is 49.5. The largest absolute Gasteiger partial charge is 0.481 e. The summed E-state index contributed by atoms with van der Waals surface area (Å²) in [5, 5.41) is 30.4. The molecule has 1 aliphatic rings. The van der Waals surface area contributed by atoms with E-state index in [4.69, 9.17) is 16.3 Å². The lowest BCUT2D eigenvalue weighted by molar-refractivity contribution is -0.384. The van der Waals surface area contributed by atoms with Crippen molar-refractivity contribution in [2.24, 2.45) is 10.9 Å². The van der Waals surface area contributed by atoms with E-state index in [2.05, 4.69) is 4.99 Å². The second-order valence-corrected chi connectivity index (χ2v) is 6.13. The molecule has 0 aromatic heterocycles. The number of aliphatic imine (C=N–C) groups is 1. The van der Waals surface area contributed by atoms with E-state index in [-0.39, 0.29) is 22.7 Å². The zero-order valence-electron chi connectivity index (χ0n) is 14.5. The van der Waals surface area contributed by atoms with Gasteiger partial charge in [0.25, 0.3) is 5.69 Å². The molecule has 0 saturated carbocycles. The smallest absolute Gasteiger partial charge is 0.334 e. The number of benzene rings is 1. The van der Waals surface area contributed by atoms with Crippen molar-refractivity contribution in [1.29, 1.82) is 0 Å². The van der Waals surface area contributed by atoms with Gasteiger partial charge in [0.15, 0.2) is 0 Å². The monoisotopic (exact) mass is 410 g/mol. The summed E-state index contributed by atoms with van der Waals surface area (Å²) in [6.07, 6.45) is 0. The molecule has 10 nitrogen and oxygen atoms in total. The highest BCUT2D eigenvalue weighted by atomic mass is 35.5. The van der Waals surface area contributed by atoms with Gasteiger partial charge in [-0.15, -0.1) is 11.6 Å². The first-order chi connectivity index (χ1) is 13.2. The Kier molecular flexibility index (Phi) is 6.47. The van der Waals surface area contributed by atoms with Crippen LogP contribution in [-0.2, 0) is 19.1 Å². The van der Waals surface area contributed by atoms with Gasteiger partial charge in [0.05, 0.1) is 16.2 Å². The molecule has 1 aromatic carbocycles. The summed E-state index contributed by atoms with van der Waals surface area (Å²) in [6.45, 7) is 0.868. The number of esters is 1. The van der Waals surface area contributed by atoms with E-state index < -0.39 is 52.7 Å². The Morgan fingerprint density at radius 2 is 2.00 bits per heavy atom. The first kappa shape index (κ1) is 21.0. The zero-order valence-corrected chi connectivity index (χ0v) is 15.3. The van der Waals surface area contributed by atoms with Gasteiger partial charge in [0.1, 0.15) is 18.4 Å². The van der Waals surface area contributed by atoms with E-state index >= 15 is 0 Å². The molecular formula is C17H15ClN2O8. The minimum Gasteiger partial charge on any atom is -0.481 e. The van der Waals surface area contributed by atoms with E-state index in [1.165, 1.54) is 25.1 Å². The van der Waals surface area contributed by atoms with Crippen molar-refractivity contribution >= 4 is 40.9 Å². The number of carbonyl (C=O) groups excluding carboxylic acids is 1. The summed E-state index contributed by atoms with van der Waals surface area (Å²) in [5.41, 5.74) is -0.694. The Morgan fingerprint density at radius 3 is 2.54 bits per heavy atom. The molecule has 0 radical (unpaired) electrons. The number of carbonyl (C=O) groups is 3. The van der Waals surface area contributed by atoms with Crippen molar-refractivity contribution < 1.29 is 34.3 Å². The molecular weight excluding hydrogens is 396 g/mol. The maximum absolute atomic E-state index is 11.9. The summed E-state index contributed by atoms with van der Waals surface area (Å²) < 4.78 is 4.85. The van der Waals surface area contributed by atoms with Crippen LogP contribution in [0.3, 0.4) is 0 Å². The summed E-state index contributed by atoms with van der Waals surface area (Å²) in [5.74, 6) is -6.70. The summed E-state index contributed by atoms with van der Waals surface area (Å²) in [6, 6.07) is 5.05. The van der Waals surface area contributed by atoms with Crippen molar-refractivity contribution in [3.8, 4) is 0 Å². The van der Waals surface area contributed by atoms with Gasteiger partial charge in [-0.05, 0) is 12.5 Å². The third-order valence-electron chi connectivity index (χ3n) is 4.13. The highest BCUT2D eigenvalue weighted by molar-refractivity contribution is 6.26. The molecule has 0 amide bonds. The molecule has 2 unspecified atom stereocenters. The number of hydrogen-bond acceptors (Lipinski definition) is 7. The number of nitro benzene ring substituents is 1. The van der Waals surface area contributed by atoms with Gasteiger partial charge in [-0.3, -0.25) is 24.7 Å². The molecule has 11 heteroatoms. The third-order valence-corrected chi connectivity index (χ3v) is 4.35. The van der Waals surface area contributed by atoms with Crippen LogP contribution in [0.1, 0.15) is 18.4 Å². The average Bonchev–Trinajstić information content (AvgIpc) is 2.64. The van der Waals surface area contributed by atoms with Crippen molar-refractivity contribution in [2.45, 2.75) is 12.8 Å². The maximum Gasteiger partial charge on any atom is 0.334 e. The van der Waals surface area contributed by atoms with Crippen molar-refractivity contribution in [3.05, 3.63) is 51.2 Å². The molecule has 0 aliphatic carbocycles. The fourth-order valence-corrected chi connectivity index (χ4v) is 3.07. The fourth-order valence-electron chi connectivity index (χ4n) is 3.00. The van der Waals surface area contributed by atoms with Gasteiger partial charge in [-0.1, -0.05) is 12.1 Å². The number of rotatable bonds is 7. The topological polar surface area (TPSA) is 156 Å². The fraction of sp³-hybridized carbons (Fsp3) is 0.294. The van der Waals surface area contributed by atoms with Gasteiger partial charge in [-0.2, -0.15) is 0 Å². The van der Waals surface area contributed by atoms with Crippen molar-refractivity contribution in [2.75, 3.05) is 12.5 Å². The number of aliphatic carboxylic acids is 2. The first-order valence-electron chi connectivity index (χ1n) is 7.87. The van der Waals surface area contributed by atoms with Gasteiger partial charge in [-0.25, -0.2) is 4.79 Å². The van der Waals surface area contributed by atoms with Crippen LogP contribution in [0.5, 0.6) is 0 Å². The van der Waals surface area contributed by atoms with E-state index in [0.29, 0.717) is 0 Å². The number of halogens is 1. The van der Waals surface area contributed by atoms with Gasteiger partial charge in [0, 0.05) is 23.8 Å². The normalized spacial score (nSPS) is 19.0. The molecule has 28 heavy (non-hydrogen) atoms. The minimum absolute atomic E-state index is 0.0749. The second-order valence-electron chi connectivity index (χ2n) is 5.86. The molecule has 1 aromatic rings. The maximum atomic E-state index is 11.9. The number of nitro groups is 1. The zero-order chi connectivity index (χ0) is 21.0. The number of carboxylic acid groups (broad SMARTS) is 2. The van der Waals surface area contributed by atoms with Crippen LogP contribution in [0.25, 0.3) is 0 Å². The van der Waals surface area contributed by atoms with Gasteiger partial charge >= 0.3 is 17.9 Å². The molecule has 1 heterocycles. The quantitative estimate of drug-likeness (QED) is 0.299. The lowest BCUT2D eigenvalue weighted by atomic mass is 9.75. The predicted molar refractivity (Wildman–Crippen MR) is 96.4 cm³/mol. The molecule has 2 atom stereocenters. The van der Waals surface area contributed by atoms with Crippen LogP contribution in [0.4, 0.5) is 5.69 Å². The molecule has 0 spiro atoms. The predicted octanol–water partition coefficient (Wildman–Crippen LogP) is 1.97. The number of nitrogens with zero attached hydrogens (tertiary/aromatic N) is 2. The SMILES string of the molecule is CC1=NC(COC(=O)CCl)=C(C(=O)O)C(c2cccc([N+](=O)[O-])c2)C1C(=O)O. The molecule has 0 bridgehead atoms. The number of hydrogen-bond donors (Lipinski definition) is 2. The standard InChI is InChI=1S/C17H15ClN2O8/c1-8-13(16(22)23)14(9-3-2-4-10(5-9)20(26)27)15(17(24)25)11(19-8)7-28-12(21)6-18/h2-5,13-14H,6-7H2,1H3,(H,22,23)(H,24,25). The molecule has 0 saturated heterocycles. The van der Waals surface area contributed by atoms with Crippen LogP contribution in [0.2, 0.25) is 0 Å². The van der Waals surface area contributed by atoms with E-state index in [0.717, 1.165) is 6.07 Å². The van der Waals surface area contributed by atoms with Gasteiger partial charge in [0.2, 0.25) is 0 Å². The van der Waals surface area contributed by atoms with Crippen LogP contribution in [0.15, 0.2) is 40.5 Å². The number of carboxylic acids is 2. The third kappa shape index (κ3) is 4.34. The molecule has 2 N–H and O–H groups in total. The Hall–Kier alpha value is -3.27. The van der Waals surface area contributed by atoms with E-state index in [1.807, 2.05) is 0 Å². The van der Waals surface area contributed by atoms with Gasteiger partial charge < -0.3 is 14.9 Å². The first-order valence-corrected chi connectivity index (χ1v) is 8.41. The van der Waals surface area contributed by atoms with Crippen LogP contribution in [-0.4, -0.2) is 51.2 Å². The van der Waals surface area contributed by atoms with E-state index in [9.17, 15) is 34.7 Å². The molecule has 1 aliphatic heterocycles. The lowest BCUT2D eigenvalue weighted by Gasteiger charge is -2.30. The summed E-state index contributed by atoms with van der Waals surface area (Å²) in [7, 11) is 0. The highest BCUT2D eigenvalue weighted by Gasteiger charge is 2.42. The van der Waals surface area contributed by atoms with Crippen LogP contribution >= 0.6 is 11.6 Å². The second kappa shape index (κ2) is 8.61. The number of alkyl halides is 1. The molecule has 148 valence electrons.